The van der Waals surface area contributed by atoms with Crippen LogP contribution in [0.1, 0.15) is 12.5 Å². The van der Waals surface area contributed by atoms with Crippen LogP contribution in [0.3, 0.4) is 0 Å². The Balaban J connectivity index is 2.37. The first-order valence-corrected chi connectivity index (χ1v) is 5.17. The normalized spacial score (nSPS) is 13.4. The van der Waals surface area contributed by atoms with Crippen molar-refractivity contribution in [2.24, 2.45) is 0 Å². The van der Waals surface area contributed by atoms with E-state index in [2.05, 4.69) is 10.6 Å². The highest BCUT2D eigenvalue weighted by atomic mass is 19.2. The largest absolute Gasteiger partial charge is 0.478 e. The van der Waals surface area contributed by atoms with Gasteiger partial charge < -0.3 is 15.4 Å². The number of benzene rings is 1. The quantitative estimate of drug-likeness (QED) is 0.827. The van der Waals surface area contributed by atoms with Gasteiger partial charge in [0, 0.05) is 19.0 Å². The Kier molecular flexibility index (Phi) is 3.14. The van der Waals surface area contributed by atoms with Gasteiger partial charge in [-0.15, -0.1) is 0 Å². The Labute approximate surface area is 101 Å². The van der Waals surface area contributed by atoms with Crippen molar-refractivity contribution < 1.29 is 23.1 Å². The molecule has 2 amide bonds. The summed E-state index contributed by atoms with van der Waals surface area (Å²) in [6.45, 7) is 0.743. The number of fused-ring (bicyclic) bond motifs is 1. The molecular formula is C11H10F2N2O3. The fraction of sp³-hybridized carbons (Fsp3) is 0.273. The Bertz CT molecular complexity index is 532. The van der Waals surface area contributed by atoms with E-state index in [0.717, 1.165) is 0 Å². The van der Waals surface area contributed by atoms with E-state index in [9.17, 15) is 18.4 Å². The van der Waals surface area contributed by atoms with Crippen LogP contribution in [0.25, 0.3) is 0 Å². The molecule has 1 aliphatic heterocycles. The molecule has 2 rings (SSSR count). The monoisotopic (exact) mass is 256 g/mol. The summed E-state index contributed by atoms with van der Waals surface area (Å²) in [4.78, 5) is 21.8. The average molecular weight is 256 g/mol. The molecule has 0 radical (unpaired) electrons. The Morgan fingerprint density at radius 3 is 2.89 bits per heavy atom. The van der Waals surface area contributed by atoms with Gasteiger partial charge in [0.05, 0.1) is 5.69 Å². The van der Waals surface area contributed by atoms with Crippen molar-refractivity contribution in [3.63, 3.8) is 0 Å². The van der Waals surface area contributed by atoms with Crippen LogP contribution in [0.5, 0.6) is 5.75 Å². The number of carbonyl (C=O) groups is 2. The van der Waals surface area contributed by atoms with Gasteiger partial charge in [0.2, 0.25) is 11.7 Å². The minimum absolute atomic E-state index is 0.0607. The molecule has 1 aromatic carbocycles. The van der Waals surface area contributed by atoms with E-state index in [4.69, 9.17) is 4.74 Å². The van der Waals surface area contributed by atoms with Crippen molar-refractivity contribution in [3.8, 4) is 5.75 Å². The Hall–Kier alpha value is -2.18. The highest BCUT2D eigenvalue weighted by molar-refractivity contribution is 5.95. The van der Waals surface area contributed by atoms with Crippen molar-refractivity contribution in [1.82, 2.24) is 5.32 Å². The molecule has 0 spiro atoms. The first-order chi connectivity index (χ1) is 8.49. The van der Waals surface area contributed by atoms with Crippen molar-refractivity contribution in [1.29, 1.82) is 0 Å². The van der Waals surface area contributed by atoms with Crippen LogP contribution in [0.15, 0.2) is 6.07 Å². The average Bonchev–Trinajstić information content (AvgIpc) is 2.31. The lowest BCUT2D eigenvalue weighted by Gasteiger charge is -2.20. The van der Waals surface area contributed by atoms with Crippen LogP contribution >= 0.6 is 0 Å². The molecule has 18 heavy (non-hydrogen) atoms. The third kappa shape index (κ3) is 2.24. The maximum Gasteiger partial charge on any atom is 0.262 e. The first-order valence-electron chi connectivity index (χ1n) is 5.17. The van der Waals surface area contributed by atoms with Gasteiger partial charge in [-0.1, -0.05) is 0 Å². The van der Waals surface area contributed by atoms with Crippen LogP contribution in [-0.2, 0) is 16.1 Å². The van der Waals surface area contributed by atoms with Gasteiger partial charge in [0.25, 0.3) is 5.91 Å². The van der Waals surface area contributed by atoms with Crippen LogP contribution in [0, 0.1) is 11.6 Å². The molecule has 5 nitrogen and oxygen atoms in total. The summed E-state index contributed by atoms with van der Waals surface area (Å²) in [5.74, 6) is -3.41. The van der Waals surface area contributed by atoms with Crippen LogP contribution < -0.4 is 15.4 Å². The maximum absolute atomic E-state index is 13.6. The number of hydrogen-bond donors (Lipinski definition) is 2. The first kappa shape index (κ1) is 12.3. The number of amides is 2. The summed E-state index contributed by atoms with van der Waals surface area (Å²) < 4.78 is 32.1. The molecule has 0 atom stereocenters. The van der Waals surface area contributed by atoms with E-state index in [1.165, 1.54) is 13.0 Å². The molecule has 0 aromatic heterocycles. The number of rotatable bonds is 2. The second-order valence-electron chi connectivity index (χ2n) is 3.79. The van der Waals surface area contributed by atoms with Crippen LogP contribution in [-0.4, -0.2) is 18.4 Å². The molecule has 1 heterocycles. The fourth-order valence-electron chi connectivity index (χ4n) is 1.57. The summed E-state index contributed by atoms with van der Waals surface area (Å²) in [6, 6.07) is 1.24. The summed E-state index contributed by atoms with van der Waals surface area (Å²) in [5, 5.41) is 4.72. The number of hydrogen-bond acceptors (Lipinski definition) is 3. The summed E-state index contributed by atoms with van der Waals surface area (Å²) in [6.07, 6.45) is 0. The lowest BCUT2D eigenvalue weighted by Crippen LogP contribution is -2.27. The number of carbonyl (C=O) groups excluding carboxylic acids is 2. The highest BCUT2D eigenvalue weighted by Crippen LogP contribution is 2.34. The summed E-state index contributed by atoms with van der Waals surface area (Å²) >= 11 is 0. The van der Waals surface area contributed by atoms with Gasteiger partial charge >= 0.3 is 0 Å². The predicted molar refractivity (Wildman–Crippen MR) is 58.0 cm³/mol. The van der Waals surface area contributed by atoms with Crippen LogP contribution in [0.4, 0.5) is 14.5 Å². The zero-order chi connectivity index (χ0) is 13.3. The van der Waals surface area contributed by atoms with Gasteiger partial charge in [-0.3, -0.25) is 9.59 Å². The second-order valence-corrected chi connectivity index (χ2v) is 3.79. The van der Waals surface area contributed by atoms with Crippen molar-refractivity contribution in [2.45, 2.75) is 13.5 Å². The van der Waals surface area contributed by atoms with E-state index in [1.807, 2.05) is 0 Å². The maximum atomic E-state index is 13.6. The fourth-order valence-corrected chi connectivity index (χ4v) is 1.57. The number of nitrogens with one attached hydrogen (secondary N) is 2. The summed E-state index contributed by atoms with van der Waals surface area (Å²) in [5.41, 5.74) is -0.00208. The Morgan fingerprint density at radius 1 is 1.50 bits per heavy atom. The molecule has 1 aromatic rings. The van der Waals surface area contributed by atoms with Gasteiger partial charge in [-0.2, -0.15) is 4.39 Å². The van der Waals surface area contributed by atoms with Gasteiger partial charge in [0.15, 0.2) is 18.2 Å². The molecule has 0 aliphatic carbocycles. The van der Waals surface area contributed by atoms with Crippen molar-refractivity contribution >= 4 is 17.5 Å². The second kappa shape index (κ2) is 4.59. The molecule has 0 bridgehead atoms. The lowest BCUT2D eigenvalue weighted by molar-refractivity contribution is -0.119. The highest BCUT2D eigenvalue weighted by Gasteiger charge is 2.25. The smallest absolute Gasteiger partial charge is 0.262 e. The van der Waals surface area contributed by atoms with Crippen molar-refractivity contribution in [2.75, 3.05) is 11.9 Å². The predicted octanol–water partition coefficient (Wildman–Crippen LogP) is 0.932. The topological polar surface area (TPSA) is 67.4 Å². The Morgan fingerprint density at radius 2 is 2.22 bits per heavy atom. The van der Waals surface area contributed by atoms with E-state index in [0.29, 0.717) is 0 Å². The molecule has 0 fully saturated rings. The van der Waals surface area contributed by atoms with Crippen LogP contribution in [0.2, 0.25) is 0 Å². The molecule has 0 saturated heterocycles. The molecular weight excluding hydrogens is 246 g/mol. The molecule has 7 heteroatoms. The van der Waals surface area contributed by atoms with E-state index >= 15 is 0 Å². The van der Waals surface area contributed by atoms with Gasteiger partial charge in [-0.05, 0) is 6.07 Å². The molecule has 2 N–H and O–H groups in total. The van der Waals surface area contributed by atoms with E-state index < -0.39 is 17.5 Å². The third-order valence-electron chi connectivity index (χ3n) is 2.39. The summed E-state index contributed by atoms with van der Waals surface area (Å²) in [7, 11) is 0. The number of ether oxygens (including phenoxy) is 1. The van der Waals surface area contributed by atoms with E-state index in [1.54, 1.807) is 0 Å². The lowest BCUT2D eigenvalue weighted by atomic mass is 10.1. The van der Waals surface area contributed by atoms with Crippen molar-refractivity contribution in [3.05, 3.63) is 23.3 Å². The zero-order valence-electron chi connectivity index (χ0n) is 9.47. The number of anilines is 1. The minimum atomic E-state index is -1.17. The third-order valence-corrected chi connectivity index (χ3v) is 2.39. The molecule has 0 saturated carbocycles. The molecule has 96 valence electrons. The zero-order valence-corrected chi connectivity index (χ0v) is 9.47. The molecule has 0 unspecified atom stereocenters. The minimum Gasteiger partial charge on any atom is -0.478 e. The molecule has 1 aliphatic rings. The van der Waals surface area contributed by atoms with E-state index in [-0.39, 0.29) is 36.1 Å². The standard InChI is InChI=1S/C11H10F2N2O3/c1-5(16)14-3-6-2-7-11(10(13)9(6)12)18-4-8(17)15-7/h2H,3-4H2,1H3,(H,14,16)(H,15,17). The number of halogens is 2. The van der Waals surface area contributed by atoms with Gasteiger partial charge in [-0.25, -0.2) is 4.39 Å². The van der Waals surface area contributed by atoms with Gasteiger partial charge in [0.1, 0.15) is 0 Å². The SMILES string of the molecule is CC(=O)NCc1cc2c(c(F)c1F)OCC(=O)N2.